The van der Waals surface area contributed by atoms with E-state index in [1.165, 1.54) is 6.07 Å². The minimum atomic E-state index is -1.03. The first kappa shape index (κ1) is 11.7. The van der Waals surface area contributed by atoms with Gasteiger partial charge in [-0.3, -0.25) is 0 Å². The summed E-state index contributed by atoms with van der Waals surface area (Å²) < 4.78 is 0. The molecule has 6 nitrogen and oxygen atoms in total. The van der Waals surface area contributed by atoms with Crippen LogP contribution in [0.5, 0.6) is 0 Å². The summed E-state index contributed by atoms with van der Waals surface area (Å²) in [6.45, 7) is 3.49. The number of piperazine rings is 1. The lowest BCUT2D eigenvalue weighted by Gasteiger charge is -2.33. The molecule has 92 valence electrons. The summed E-state index contributed by atoms with van der Waals surface area (Å²) >= 11 is 0. The number of pyridine rings is 1. The molecule has 2 rings (SSSR count). The van der Waals surface area contributed by atoms with Crippen molar-refractivity contribution in [3.8, 4) is 0 Å². The van der Waals surface area contributed by atoms with Gasteiger partial charge in [0.2, 0.25) is 0 Å². The van der Waals surface area contributed by atoms with Gasteiger partial charge in [-0.2, -0.15) is 0 Å². The summed E-state index contributed by atoms with van der Waals surface area (Å²) in [5, 5.41) is 8.91. The normalized spacial score (nSPS) is 17.1. The average Bonchev–Trinajstić information content (AvgIpc) is 2.31. The number of hydrogen-bond acceptors (Lipinski definition) is 5. The number of nitrogens with two attached hydrogens (primary N) is 1. The molecule has 0 aliphatic carbocycles. The highest BCUT2D eigenvalue weighted by atomic mass is 16.4. The summed E-state index contributed by atoms with van der Waals surface area (Å²) in [4.78, 5) is 19.2. The van der Waals surface area contributed by atoms with E-state index >= 15 is 0 Å². The Kier molecular flexibility index (Phi) is 3.14. The number of aromatic nitrogens is 1. The van der Waals surface area contributed by atoms with Crippen LogP contribution >= 0.6 is 0 Å². The monoisotopic (exact) mass is 236 g/mol. The summed E-state index contributed by atoms with van der Waals surface area (Å²) in [5.74, 6) is -0.446. The van der Waals surface area contributed by atoms with Crippen molar-refractivity contribution >= 4 is 17.5 Å². The Labute approximate surface area is 99.7 Å². The molecule has 0 saturated carbocycles. The van der Waals surface area contributed by atoms with Crippen LogP contribution in [0, 0.1) is 0 Å². The number of carbonyl (C=O) groups is 1. The van der Waals surface area contributed by atoms with E-state index in [1.807, 2.05) is 4.90 Å². The molecule has 17 heavy (non-hydrogen) atoms. The standard InChI is InChI=1S/C11H16N4O2/c1-14-4-6-15(7-5-14)10-8(12)2-3-9(13-10)11(16)17/h2-3H,4-7,12H2,1H3,(H,16,17). The SMILES string of the molecule is CN1CCN(c2nc(C(=O)O)ccc2N)CC1. The molecular weight excluding hydrogens is 220 g/mol. The number of hydrogen-bond donors (Lipinski definition) is 2. The second-order valence-electron chi connectivity index (χ2n) is 4.20. The predicted octanol–water partition coefficient (Wildman–Crippen LogP) is 0.114. The molecule has 2 heterocycles. The third kappa shape index (κ3) is 2.47. The summed E-state index contributed by atoms with van der Waals surface area (Å²) in [6.07, 6.45) is 0. The van der Waals surface area contributed by atoms with Gasteiger partial charge in [0.25, 0.3) is 0 Å². The van der Waals surface area contributed by atoms with Crippen LogP contribution in [0.3, 0.4) is 0 Å². The molecular formula is C11H16N4O2. The van der Waals surface area contributed by atoms with Crippen LogP contribution in [-0.4, -0.2) is 54.2 Å². The van der Waals surface area contributed by atoms with Crippen LogP contribution in [0.15, 0.2) is 12.1 Å². The molecule has 6 heteroatoms. The largest absolute Gasteiger partial charge is 0.477 e. The Morgan fingerprint density at radius 2 is 2.00 bits per heavy atom. The molecule has 0 radical (unpaired) electrons. The zero-order valence-electron chi connectivity index (χ0n) is 9.76. The third-order valence-electron chi connectivity index (χ3n) is 2.93. The van der Waals surface area contributed by atoms with Gasteiger partial charge in [-0.1, -0.05) is 0 Å². The first-order valence-corrected chi connectivity index (χ1v) is 5.51. The lowest BCUT2D eigenvalue weighted by Crippen LogP contribution is -2.45. The van der Waals surface area contributed by atoms with Crippen molar-refractivity contribution in [2.75, 3.05) is 43.9 Å². The van der Waals surface area contributed by atoms with E-state index in [-0.39, 0.29) is 5.69 Å². The van der Waals surface area contributed by atoms with Gasteiger partial charge in [0.05, 0.1) is 5.69 Å². The second kappa shape index (κ2) is 4.58. The molecule has 0 bridgehead atoms. The van der Waals surface area contributed by atoms with Gasteiger partial charge >= 0.3 is 5.97 Å². The molecule has 0 unspecified atom stereocenters. The van der Waals surface area contributed by atoms with Gasteiger partial charge in [-0.05, 0) is 19.2 Å². The fraction of sp³-hybridized carbons (Fsp3) is 0.455. The Bertz CT molecular complexity index is 427. The number of anilines is 2. The van der Waals surface area contributed by atoms with Crippen LogP contribution < -0.4 is 10.6 Å². The number of nitrogen functional groups attached to an aromatic ring is 1. The van der Waals surface area contributed by atoms with E-state index in [9.17, 15) is 4.79 Å². The maximum Gasteiger partial charge on any atom is 0.354 e. The predicted molar refractivity (Wildman–Crippen MR) is 65.3 cm³/mol. The van der Waals surface area contributed by atoms with Crippen LogP contribution in [0.1, 0.15) is 10.5 Å². The van der Waals surface area contributed by atoms with Gasteiger partial charge in [0, 0.05) is 26.2 Å². The number of aromatic carboxylic acids is 1. The zero-order chi connectivity index (χ0) is 12.4. The van der Waals surface area contributed by atoms with E-state index < -0.39 is 5.97 Å². The van der Waals surface area contributed by atoms with Crippen molar-refractivity contribution in [1.82, 2.24) is 9.88 Å². The van der Waals surface area contributed by atoms with Crippen molar-refractivity contribution in [1.29, 1.82) is 0 Å². The molecule has 1 aliphatic heterocycles. The Balaban J connectivity index is 2.25. The quantitative estimate of drug-likeness (QED) is 0.758. The fourth-order valence-corrected chi connectivity index (χ4v) is 1.85. The van der Waals surface area contributed by atoms with E-state index in [4.69, 9.17) is 10.8 Å². The van der Waals surface area contributed by atoms with Crippen molar-refractivity contribution in [3.05, 3.63) is 17.8 Å². The maximum atomic E-state index is 10.9. The smallest absolute Gasteiger partial charge is 0.354 e. The zero-order valence-corrected chi connectivity index (χ0v) is 9.76. The maximum absolute atomic E-state index is 10.9. The van der Waals surface area contributed by atoms with Gasteiger partial charge in [0.1, 0.15) is 0 Å². The van der Waals surface area contributed by atoms with Crippen molar-refractivity contribution in [3.63, 3.8) is 0 Å². The van der Waals surface area contributed by atoms with Crippen LogP contribution in [0.25, 0.3) is 0 Å². The van der Waals surface area contributed by atoms with E-state index in [0.29, 0.717) is 11.5 Å². The minimum Gasteiger partial charge on any atom is -0.477 e. The molecule has 1 aromatic heterocycles. The first-order valence-electron chi connectivity index (χ1n) is 5.51. The second-order valence-corrected chi connectivity index (χ2v) is 4.20. The average molecular weight is 236 g/mol. The molecule has 0 aromatic carbocycles. The summed E-state index contributed by atoms with van der Waals surface area (Å²) in [5.41, 5.74) is 6.41. The molecule has 3 N–H and O–H groups in total. The lowest BCUT2D eigenvalue weighted by molar-refractivity contribution is 0.0690. The van der Waals surface area contributed by atoms with E-state index in [2.05, 4.69) is 16.9 Å². The van der Waals surface area contributed by atoms with Gasteiger partial charge in [-0.25, -0.2) is 9.78 Å². The molecule has 1 saturated heterocycles. The van der Waals surface area contributed by atoms with E-state index in [0.717, 1.165) is 26.2 Å². The van der Waals surface area contributed by atoms with Crippen LogP contribution in [-0.2, 0) is 0 Å². The molecule has 0 atom stereocenters. The van der Waals surface area contributed by atoms with Gasteiger partial charge in [0.15, 0.2) is 11.5 Å². The lowest BCUT2D eigenvalue weighted by atomic mass is 10.2. The first-order chi connectivity index (χ1) is 8.08. The van der Waals surface area contributed by atoms with Crippen molar-refractivity contribution < 1.29 is 9.90 Å². The Hall–Kier alpha value is -1.82. The Morgan fingerprint density at radius 1 is 1.35 bits per heavy atom. The summed E-state index contributed by atoms with van der Waals surface area (Å²) in [6, 6.07) is 3.03. The van der Waals surface area contributed by atoms with Gasteiger partial charge < -0.3 is 20.6 Å². The van der Waals surface area contributed by atoms with E-state index in [1.54, 1.807) is 6.07 Å². The molecule has 1 aromatic rings. The highest BCUT2D eigenvalue weighted by Crippen LogP contribution is 2.21. The number of likely N-dealkylation sites (N-methyl/N-ethyl adjacent to an activating group) is 1. The third-order valence-corrected chi connectivity index (χ3v) is 2.93. The Morgan fingerprint density at radius 3 is 2.59 bits per heavy atom. The number of rotatable bonds is 2. The highest BCUT2D eigenvalue weighted by Gasteiger charge is 2.18. The fourth-order valence-electron chi connectivity index (χ4n) is 1.85. The van der Waals surface area contributed by atoms with Gasteiger partial charge in [-0.15, -0.1) is 0 Å². The molecule has 1 aliphatic rings. The molecule has 0 spiro atoms. The van der Waals surface area contributed by atoms with Crippen molar-refractivity contribution in [2.45, 2.75) is 0 Å². The number of carboxylic acids is 1. The summed E-state index contributed by atoms with van der Waals surface area (Å²) in [7, 11) is 2.06. The highest BCUT2D eigenvalue weighted by molar-refractivity contribution is 5.87. The molecule has 1 fully saturated rings. The van der Waals surface area contributed by atoms with Crippen LogP contribution in [0.4, 0.5) is 11.5 Å². The van der Waals surface area contributed by atoms with Crippen molar-refractivity contribution in [2.24, 2.45) is 0 Å². The number of carboxylic acid groups (broad SMARTS) is 1. The topological polar surface area (TPSA) is 82.7 Å². The molecule has 0 amide bonds. The number of nitrogens with zero attached hydrogens (tertiary/aromatic N) is 3. The minimum absolute atomic E-state index is 0.0353. The van der Waals surface area contributed by atoms with Crippen LogP contribution in [0.2, 0.25) is 0 Å².